The zero-order chi connectivity index (χ0) is 11.1. The molecule has 3 N–H and O–H groups in total. The summed E-state index contributed by atoms with van der Waals surface area (Å²) in [7, 11) is 0. The number of aryl methyl sites for hydroxylation is 1. The molecular formula is C13H20N2S. The summed E-state index contributed by atoms with van der Waals surface area (Å²) < 4.78 is 0. The molecule has 3 unspecified atom stereocenters. The highest BCUT2D eigenvalue weighted by atomic mass is 32.1. The predicted octanol–water partition coefficient (Wildman–Crippen LogP) is 3.00. The number of hydrazine groups is 1. The van der Waals surface area contributed by atoms with Crippen LogP contribution in [0.3, 0.4) is 0 Å². The lowest BCUT2D eigenvalue weighted by atomic mass is 10.0. The van der Waals surface area contributed by atoms with Crippen LogP contribution in [0.5, 0.6) is 0 Å². The number of fused-ring (bicyclic) bond motifs is 1. The molecule has 16 heavy (non-hydrogen) atoms. The van der Waals surface area contributed by atoms with Gasteiger partial charge in [0.1, 0.15) is 0 Å². The first-order valence-corrected chi connectivity index (χ1v) is 7.15. The number of nitrogens with two attached hydrogens (primary N) is 1. The Morgan fingerprint density at radius 3 is 2.50 bits per heavy atom. The minimum atomic E-state index is 0.409. The van der Waals surface area contributed by atoms with Crippen LogP contribution in [0, 0.1) is 24.7 Å². The van der Waals surface area contributed by atoms with Gasteiger partial charge in [-0.05, 0) is 49.7 Å². The monoisotopic (exact) mass is 236 g/mol. The van der Waals surface area contributed by atoms with Gasteiger partial charge in [0.25, 0.3) is 0 Å². The molecule has 0 amide bonds. The molecule has 3 atom stereocenters. The van der Waals surface area contributed by atoms with Crippen LogP contribution >= 0.6 is 11.3 Å². The first-order chi connectivity index (χ1) is 7.81. The topological polar surface area (TPSA) is 38.0 Å². The molecule has 2 nitrogen and oxygen atoms in total. The van der Waals surface area contributed by atoms with Gasteiger partial charge >= 0.3 is 0 Å². The summed E-state index contributed by atoms with van der Waals surface area (Å²) in [5, 5.41) is 0. The van der Waals surface area contributed by atoms with E-state index in [0.717, 1.165) is 17.8 Å². The third kappa shape index (κ3) is 1.71. The molecule has 1 heterocycles. The fraction of sp³-hybridized carbons (Fsp3) is 0.692. The van der Waals surface area contributed by atoms with E-state index in [1.54, 1.807) is 0 Å². The standard InChI is InChI=1S/C13H20N2S/c1-8-6-7-11(16-8)13(15-14)12-9-4-2-3-5-10(9)12/h6-7,9-10,12-13,15H,2-5,14H2,1H3. The molecule has 2 aliphatic rings. The highest BCUT2D eigenvalue weighted by Crippen LogP contribution is 2.60. The van der Waals surface area contributed by atoms with Crippen molar-refractivity contribution in [3.05, 3.63) is 21.9 Å². The Kier molecular flexibility index (Phi) is 2.78. The minimum Gasteiger partial charge on any atom is -0.271 e. The maximum absolute atomic E-state index is 5.77. The Morgan fingerprint density at radius 2 is 2.00 bits per heavy atom. The molecule has 2 aliphatic carbocycles. The lowest BCUT2D eigenvalue weighted by molar-refractivity contribution is 0.463. The van der Waals surface area contributed by atoms with Crippen molar-refractivity contribution in [3.8, 4) is 0 Å². The fourth-order valence-electron chi connectivity index (χ4n) is 3.55. The van der Waals surface area contributed by atoms with Crippen molar-refractivity contribution in [1.82, 2.24) is 5.43 Å². The number of hydrogen-bond donors (Lipinski definition) is 2. The summed E-state index contributed by atoms with van der Waals surface area (Å²) >= 11 is 1.89. The SMILES string of the molecule is Cc1ccc(C(NN)C2C3CCCCC32)s1. The lowest BCUT2D eigenvalue weighted by Crippen LogP contribution is -2.29. The molecule has 1 aromatic rings. The Labute approximate surface area is 101 Å². The van der Waals surface area contributed by atoms with Crippen molar-refractivity contribution < 1.29 is 0 Å². The van der Waals surface area contributed by atoms with E-state index in [9.17, 15) is 0 Å². The van der Waals surface area contributed by atoms with Crippen molar-refractivity contribution in [1.29, 1.82) is 0 Å². The van der Waals surface area contributed by atoms with Crippen LogP contribution in [-0.2, 0) is 0 Å². The van der Waals surface area contributed by atoms with Crippen molar-refractivity contribution in [2.75, 3.05) is 0 Å². The Balaban J connectivity index is 1.77. The largest absolute Gasteiger partial charge is 0.271 e. The van der Waals surface area contributed by atoms with Gasteiger partial charge in [-0.15, -0.1) is 11.3 Å². The van der Waals surface area contributed by atoms with Crippen molar-refractivity contribution in [2.24, 2.45) is 23.6 Å². The van der Waals surface area contributed by atoms with Crippen LogP contribution in [0.2, 0.25) is 0 Å². The molecule has 0 aromatic carbocycles. The van der Waals surface area contributed by atoms with E-state index in [-0.39, 0.29) is 0 Å². The molecule has 3 heteroatoms. The van der Waals surface area contributed by atoms with Crippen LogP contribution in [-0.4, -0.2) is 0 Å². The second-order valence-electron chi connectivity index (χ2n) is 5.28. The molecule has 3 rings (SSSR count). The summed E-state index contributed by atoms with van der Waals surface area (Å²) in [6.45, 7) is 2.17. The Hall–Kier alpha value is -0.380. The van der Waals surface area contributed by atoms with Crippen molar-refractivity contribution >= 4 is 11.3 Å². The van der Waals surface area contributed by atoms with E-state index in [0.29, 0.717) is 6.04 Å². The average molecular weight is 236 g/mol. The number of rotatable bonds is 3. The lowest BCUT2D eigenvalue weighted by Gasteiger charge is -2.14. The molecule has 2 fully saturated rings. The van der Waals surface area contributed by atoms with E-state index in [4.69, 9.17) is 5.84 Å². The second-order valence-corrected chi connectivity index (χ2v) is 6.60. The molecular weight excluding hydrogens is 216 g/mol. The first kappa shape index (κ1) is 10.8. The van der Waals surface area contributed by atoms with Gasteiger partial charge in [0.05, 0.1) is 6.04 Å². The van der Waals surface area contributed by atoms with E-state index >= 15 is 0 Å². The molecule has 0 radical (unpaired) electrons. The summed E-state index contributed by atoms with van der Waals surface area (Å²) in [5.41, 5.74) is 3.06. The van der Waals surface area contributed by atoms with Crippen LogP contribution < -0.4 is 11.3 Å². The smallest absolute Gasteiger partial charge is 0.0586 e. The minimum absolute atomic E-state index is 0.409. The maximum atomic E-state index is 5.77. The zero-order valence-electron chi connectivity index (χ0n) is 9.78. The first-order valence-electron chi connectivity index (χ1n) is 6.33. The van der Waals surface area contributed by atoms with Crippen molar-refractivity contribution in [3.63, 3.8) is 0 Å². The van der Waals surface area contributed by atoms with E-state index in [2.05, 4.69) is 24.5 Å². The summed E-state index contributed by atoms with van der Waals surface area (Å²) in [5.74, 6) is 8.49. The van der Waals surface area contributed by atoms with Crippen LogP contribution in [0.15, 0.2) is 12.1 Å². The highest BCUT2D eigenvalue weighted by Gasteiger charge is 2.54. The number of nitrogens with one attached hydrogen (secondary N) is 1. The number of hydrogen-bond acceptors (Lipinski definition) is 3. The van der Waals surface area contributed by atoms with Gasteiger partial charge in [-0.25, -0.2) is 0 Å². The van der Waals surface area contributed by atoms with Crippen LogP contribution in [0.4, 0.5) is 0 Å². The van der Waals surface area contributed by atoms with Gasteiger partial charge in [-0.1, -0.05) is 12.8 Å². The summed E-state index contributed by atoms with van der Waals surface area (Å²) in [6.07, 6.45) is 5.71. The normalized spacial score (nSPS) is 34.5. The third-order valence-electron chi connectivity index (χ3n) is 4.35. The van der Waals surface area contributed by atoms with Gasteiger partial charge in [0.15, 0.2) is 0 Å². The molecule has 0 bridgehead atoms. The van der Waals surface area contributed by atoms with Gasteiger partial charge < -0.3 is 0 Å². The fourth-order valence-corrected chi connectivity index (χ4v) is 4.54. The molecule has 1 aromatic heterocycles. The Morgan fingerprint density at radius 1 is 1.31 bits per heavy atom. The third-order valence-corrected chi connectivity index (χ3v) is 5.44. The van der Waals surface area contributed by atoms with Gasteiger partial charge in [-0.2, -0.15) is 0 Å². The maximum Gasteiger partial charge on any atom is 0.0586 e. The second kappa shape index (κ2) is 4.13. The molecule has 2 saturated carbocycles. The van der Waals surface area contributed by atoms with E-state index < -0.39 is 0 Å². The molecule has 0 saturated heterocycles. The van der Waals surface area contributed by atoms with Crippen molar-refractivity contribution in [2.45, 2.75) is 38.6 Å². The van der Waals surface area contributed by atoms with Gasteiger partial charge in [0.2, 0.25) is 0 Å². The molecule has 0 aliphatic heterocycles. The predicted molar refractivity (Wildman–Crippen MR) is 68.1 cm³/mol. The molecule has 0 spiro atoms. The molecule has 88 valence electrons. The van der Waals surface area contributed by atoms with Crippen LogP contribution in [0.1, 0.15) is 41.5 Å². The summed E-state index contributed by atoms with van der Waals surface area (Å²) in [6, 6.07) is 4.86. The van der Waals surface area contributed by atoms with E-state index in [1.807, 2.05) is 11.3 Å². The van der Waals surface area contributed by atoms with E-state index in [1.165, 1.54) is 35.4 Å². The van der Waals surface area contributed by atoms with Gasteiger partial charge in [0, 0.05) is 9.75 Å². The highest BCUT2D eigenvalue weighted by molar-refractivity contribution is 7.12. The zero-order valence-corrected chi connectivity index (χ0v) is 10.6. The average Bonchev–Trinajstić information content (AvgIpc) is 2.86. The Bertz CT molecular complexity index is 362. The van der Waals surface area contributed by atoms with Gasteiger partial charge in [-0.3, -0.25) is 11.3 Å². The number of thiophene rings is 1. The van der Waals surface area contributed by atoms with Crippen LogP contribution in [0.25, 0.3) is 0 Å². The summed E-state index contributed by atoms with van der Waals surface area (Å²) in [4.78, 5) is 2.82. The quantitative estimate of drug-likeness (QED) is 0.625.